The van der Waals surface area contributed by atoms with E-state index in [1.807, 2.05) is 32.0 Å². The van der Waals surface area contributed by atoms with Gasteiger partial charge in [-0.3, -0.25) is 4.79 Å². The number of carbonyl (C=O) groups is 1. The highest BCUT2D eigenvalue weighted by Gasteiger charge is 2.29. The Kier molecular flexibility index (Phi) is 8.82. The Morgan fingerprint density at radius 3 is 2.35 bits per heavy atom. The molecule has 2 aromatic rings. The summed E-state index contributed by atoms with van der Waals surface area (Å²) in [5, 5.41) is 22.0. The fourth-order valence-corrected chi connectivity index (χ4v) is 4.95. The molecule has 0 aromatic heterocycles. The van der Waals surface area contributed by atoms with Gasteiger partial charge in [-0.1, -0.05) is 42.8 Å². The fourth-order valence-electron chi connectivity index (χ4n) is 3.44. The van der Waals surface area contributed by atoms with Crippen LogP contribution in [0.25, 0.3) is 0 Å². The lowest BCUT2D eigenvalue weighted by Crippen LogP contribution is -2.50. The molecule has 31 heavy (non-hydrogen) atoms. The van der Waals surface area contributed by atoms with Crippen LogP contribution >= 0.6 is 0 Å². The molecular formula is C22H31BN2O5S. The lowest BCUT2D eigenvalue weighted by molar-refractivity contribution is -0.121. The van der Waals surface area contributed by atoms with E-state index in [9.17, 15) is 23.3 Å². The molecule has 2 rings (SSSR count). The largest absolute Gasteiger partial charge is 0.475 e. The third-order valence-electron chi connectivity index (χ3n) is 5.23. The molecule has 0 radical (unpaired) electrons. The van der Waals surface area contributed by atoms with E-state index in [0.717, 1.165) is 26.6 Å². The van der Waals surface area contributed by atoms with E-state index in [1.165, 1.54) is 6.07 Å². The number of sulfonamides is 1. The van der Waals surface area contributed by atoms with E-state index in [4.69, 9.17) is 0 Å². The quantitative estimate of drug-likeness (QED) is 0.482. The molecule has 0 aliphatic carbocycles. The summed E-state index contributed by atoms with van der Waals surface area (Å²) in [6.07, 6.45) is 0.859. The van der Waals surface area contributed by atoms with Gasteiger partial charge in [0, 0.05) is 6.54 Å². The van der Waals surface area contributed by atoms with Gasteiger partial charge in [-0.05, 0) is 62.4 Å². The van der Waals surface area contributed by atoms with Crippen LogP contribution in [-0.4, -0.2) is 54.8 Å². The number of nitrogens with one attached hydrogen (secondary N) is 1. The van der Waals surface area contributed by atoms with Crippen LogP contribution in [0.4, 0.5) is 0 Å². The predicted octanol–water partition coefficient (Wildman–Crippen LogP) is 1.75. The van der Waals surface area contributed by atoms with Crippen molar-refractivity contribution in [2.75, 3.05) is 13.1 Å². The van der Waals surface area contributed by atoms with E-state index in [1.54, 1.807) is 32.0 Å². The normalized spacial score (nSPS) is 12.6. The summed E-state index contributed by atoms with van der Waals surface area (Å²) >= 11 is 0. The number of benzene rings is 2. The maximum absolute atomic E-state index is 12.9. The second kappa shape index (κ2) is 10.9. The molecule has 0 aliphatic rings. The van der Waals surface area contributed by atoms with Crippen LogP contribution in [0.1, 0.15) is 35.6 Å². The van der Waals surface area contributed by atoms with Crippen LogP contribution in [0.15, 0.2) is 47.4 Å². The second-order valence-electron chi connectivity index (χ2n) is 7.80. The Labute approximate surface area is 185 Å². The number of nitrogens with zero attached hydrogens (tertiary/aromatic N) is 1. The summed E-state index contributed by atoms with van der Waals surface area (Å²) in [6, 6.07) is 12.5. The Bertz CT molecular complexity index is 1010. The first-order valence-electron chi connectivity index (χ1n) is 10.3. The van der Waals surface area contributed by atoms with Gasteiger partial charge in [-0.25, -0.2) is 8.42 Å². The first-order chi connectivity index (χ1) is 14.5. The third-order valence-corrected chi connectivity index (χ3v) is 7.15. The second-order valence-corrected chi connectivity index (χ2v) is 9.74. The van der Waals surface area contributed by atoms with Crippen molar-refractivity contribution in [2.45, 2.75) is 51.4 Å². The van der Waals surface area contributed by atoms with Crippen molar-refractivity contribution < 1.29 is 23.3 Å². The van der Waals surface area contributed by atoms with Crippen LogP contribution in [0.5, 0.6) is 0 Å². The van der Waals surface area contributed by atoms with E-state index >= 15 is 0 Å². The molecule has 0 bridgehead atoms. The maximum Gasteiger partial charge on any atom is 0.475 e. The van der Waals surface area contributed by atoms with Crippen molar-refractivity contribution in [1.29, 1.82) is 0 Å². The van der Waals surface area contributed by atoms with Crippen molar-refractivity contribution in [3.05, 3.63) is 64.7 Å². The Balaban J connectivity index is 2.05. The number of amides is 1. The van der Waals surface area contributed by atoms with Crippen LogP contribution in [0.3, 0.4) is 0 Å². The lowest BCUT2D eigenvalue weighted by atomic mass is 9.76. The maximum atomic E-state index is 12.9. The van der Waals surface area contributed by atoms with Crippen molar-refractivity contribution >= 4 is 23.0 Å². The standard InChI is InChI=1S/C22H31BN2O5S/c1-5-25(31(29,30)20-8-6-7-16(2)14-20)15-22(26)24-21(23(27)28)12-11-19-10-9-17(3)13-18(19)4/h6-10,13-14,21,27-28H,5,11-12,15H2,1-4H3,(H,24,26)/t21-/m0/s1. The Hall–Kier alpha value is -2.20. The number of rotatable bonds is 10. The smallest absolute Gasteiger partial charge is 0.426 e. The number of hydrogen-bond donors (Lipinski definition) is 3. The van der Waals surface area contributed by atoms with E-state index in [2.05, 4.69) is 5.32 Å². The summed E-state index contributed by atoms with van der Waals surface area (Å²) < 4.78 is 26.9. The van der Waals surface area contributed by atoms with Crippen molar-refractivity contribution in [1.82, 2.24) is 9.62 Å². The SMILES string of the molecule is CCN(CC(=O)N[C@@H](CCc1ccc(C)cc1C)B(O)O)S(=O)(=O)c1cccc(C)c1. The highest BCUT2D eigenvalue weighted by molar-refractivity contribution is 7.89. The highest BCUT2D eigenvalue weighted by Crippen LogP contribution is 2.17. The predicted molar refractivity (Wildman–Crippen MR) is 122 cm³/mol. The van der Waals surface area contributed by atoms with Gasteiger partial charge < -0.3 is 15.4 Å². The van der Waals surface area contributed by atoms with Crippen molar-refractivity contribution in [2.24, 2.45) is 0 Å². The molecule has 0 fully saturated rings. The first kappa shape index (κ1) is 25.1. The third kappa shape index (κ3) is 6.90. The zero-order valence-electron chi connectivity index (χ0n) is 18.5. The number of hydrogen-bond acceptors (Lipinski definition) is 5. The van der Waals surface area contributed by atoms with Crippen molar-refractivity contribution in [3.8, 4) is 0 Å². The van der Waals surface area contributed by atoms with Gasteiger partial charge in [0.2, 0.25) is 15.9 Å². The van der Waals surface area contributed by atoms with Gasteiger partial charge >= 0.3 is 7.12 Å². The van der Waals surface area contributed by atoms with Crippen LogP contribution < -0.4 is 5.32 Å². The molecule has 7 nitrogen and oxygen atoms in total. The molecule has 0 heterocycles. The molecule has 0 unspecified atom stereocenters. The minimum absolute atomic E-state index is 0.110. The zero-order valence-corrected chi connectivity index (χ0v) is 19.3. The average Bonchev–Trinajstić information content (AvgIpc) is 2.70. The topological polar surface area (TPSA) is 107 Å². The van der Waals surface area contributed by atoms with E-state index in [-0.39, 0.29) is 11.4 Å². The highest BCUT2D eigenvalue weighted by atomic mass is 32.2. The molecule has 2 aromatic carbocycles. The number of likely N-dealkylation sites (N-methyl/N-ethyl adjacent to an activating group) is 1. The van der Waals surface area contributed by atoms with Crippen molar-refractivity contribution in [3.63, 3.8) is 0 Å². The van der Waals surface area contributed by atoms with Gasteiger partial charge in [-0.2, -0.15) is 4.31 Å². The zero-order chi connectivity index (χ0) is 23.2. The molecule has 168 valence electrons. The summed E-state index contributed by atoms with van der Waals surface area (Å²) in [6.45, 7) is 7.14. The molecule has 0 aliphatic heterocycles. The van der Waals surface area contributed by atoms with E-state index < -0.39 is 35.5 Å². The summed E-state index contributed by atoms with van der Waals surface area (Å²) in [7, 11) is -5.59. The molecule has 0 saturated carbocycles. The summed E-state index contributed by atoms with van der Waals surface area (Å²) in [4.78, 5) is 12.7. The monoisotopic (exact) mass is 446 g/mol. The first-order valence-corrected chi connectivity index (χ1v) is 11.8. The van der Waals surface area contributed by atoms with Gasteiger partial charge in [0.05, 0.1) is 17.4 Å². The van der Waals surface area contributed by atoms with Gasteiger partial charge in [0.1, 0.15) is 0 Å². The Morgan fingerprint density at radius 2 is 1.77 bits per heavy atom. The van der Waals surface area contributed by atoms with Crippen LogP contribution in [0.2, 0.25) is 0 Å². The number of carbonyl (C=O) groups excluding carboxylic acids is 1. The fraction of sp³-hybridized carbons (Fsp3) is 0.409. The lowest BCUT2D eigenvalue weighted by Gasteiger charge is -2.23. The summed E-state index contributed by atoms with van der Waals surface area (Å²) in [5.74, 6) is -1.50. The molecule has 0 saturated heterocycles. The van der Waals surface area contributed by atoms with Gasteiger partial charge in [-0.15, -0.1) is 0 Å². The number of aryl methyl sites for hydroxylation is 4. The minimum atomic E-state index is -3.84. The van der Waals surface area contributed by atoms with Gasteiger partial charge in [0.25, 0.3) is 0 Å². The molecule has 9 heteroatoms. The minimum Gasteiger partial charge on any atom is -0.426 e. The molecule has 1 amide bonds. The van der Waals surface area contributed by atoms with Crippen LogP contribution in [0, 0.1) is 20.8 Å². The average molecular weight is 446 g/mol. The molecule has 1 atom stereocenters. The molecule has 0 spiro atoms. The molecule has 3 N–H and O–H groups in total. The van der Waals surface area contributed by atoms with Crippen LogP contribution in [-0.2, 0) is 21.2 Å². The Morgan fingerprint density at radius 1 is 1.10 bits per heavy atom. The van der Waals surface area contributed by atoms with E-state index in [0.29, 0.717) is 12.8 Å². The molecular weight excluding hydrogens is 415 g/mol. The summed E-state index contributed by atoms with van der Waals surface area (Å²) in [5.41, 5.74) is 4.10. The van der Waals surface area contributed by atoms with Gasteiger partial charge in [0.15, 0.2) is 0 Å².